The SMILES string of the molecule is O=S(=O)(NCCCn1ccnn1)c1ccc(CO)c(Cl)c1. The summed E-state index contributed by atoms with van der Waals surface area (Å²) in [6.45, 7) is 0.624. The fraction of sp³-hybridized carbons (Fsp3) is 0.333. The lowest BCUT2D eigenvalue weighted by Gasteiger charge is -2.08. The van der Waals surface area contributed by atoms with Crippen LogP contribution in [0.15, 0.2) is 35.5 Å². The Hall–Kier alpha value is -1.48. The monoisotopic (exact) mass is 330 g/mol. The minimum atomic E-state index is -3.61. The minimum Gasteiger partial charge on any atom is -0.392 e. The third-order valence-electron chi connectivity index (χ3n) is 2.83. The smallest absolute Gasteiger partial charge is 0.240 e. The van der Waals surface area contributed by atoms with Gasteiger partial charge in [0, 0.05) is 24.3 Å². The first-order valence-electron chi connectivity index (χ1n) is 6.26. The van der Waals surface area contributed by atoms with Crippen molar-refractivity contribution in [1.82, 2.24) is 19.7 Å². The van der Waals surface area contributed by atoms with Crippen molar-refractivity contribution in [3.63, 3.8) is 0 Å². The molecule has 0 saturated heterocycles. The van der Waals surface area contributed by atoms with Crippen molar-refractivity contribution in [1.29, 1.82) is 0 Å². The van der Waals surface area contributed by atoms with E-state index >= 15 is 0 Å². The van der Waals surface area contributed by atoms with Crippen LogP contribution in [0.4, 0.5) is 0 Å². The summed E-state index contributed by atoms with van der Waals surface area (Å²) < 4.78 is 28.3. The molecule has 21 heavy (non-hydrogen) atoms. The molecule has 0 bridgehead atoms. The maximum atomic E-state index is 12.1. The third kappa shape index (κ3) is 4.24. The first-order valence-corrected chi connectivity index (χ1v) is 8.12. The van der Waals surface area contributed by atoms with E-state index in [0.29, 0.717) is 18.5 Å². The first-order chi connectivity index (χ1) is 10.0. The Morgan fingerprint density at radius 1 is 1.38 bits per heavy atom. The highest BCUT2D eigenvalue weighted by Crippen LogP contribution is 2.20. The maximum Gasteiger partial charge on any atom is 0.240 e. The van der Waals surface area contributed by atoms with Crippen LogP contribution in [0.3, 0.4) is 0 Å². The molecular weight excluding hydrogens is 316 g/mol. The molecule has 0 aliphatic rings. The van der Waals surface area contributed by atoms with Crippen molar-refractivity contribution in [3.8, 4) is 0 Å². The van der Waals surface area contributed by atoms with Crippen LogP contribution in [0.2, 0.25) is 5.02 Å². The number of aromatic nitrogens is 3. The summed E-state index contributed by atoms with van der Waals surface area (Å²) in [6, 6.07) is 4.23. The molecule has 0 saturated carbocycles. The molecule has 1 heterocycles. The van der Waals surface area contributed by atoms with Crippen molar-refractivity contribution < 1.29 is 13.5 Å². The second-order valence-corrected chi connectivity index (χ2v) is 6.50. The number of hydrogen-bond acceptors (Lipinski definition) is 5. The molecule has 2 aromatic rings. The largest absolute Gasteiger partial charge is 0.392 e. The van der Waals surface area contributed by atoms with Gasteiger partial charge in [0.15, 0.2) is 0 Å². The van der Waals surface area contributed by atoms with Gasteiger partial charge in [-0.3, -0.25) is 4.68 Å². The second-order valence-electron chi connectivity index (χ2n) is 4.33. The van der Waals surface area contributed by atoms with Crippen LogP contribution in [0.1, 0.15) is 12.0 Å². The summed E-state index contributed by atoms with van der Waals surface area (Å²) in [5.41, 5.74) is 0.488. The normalized spacial score (nSPS) is 11.7. The Morgan fingerprint density at radius 3 is 2.81 bits per heavy atom. The fourth-order valence-corrected chi connectivity index (χ4v) is 3.11. The summed E-state index contributed by atoms with van der Waals surface area (Å²) in [5, 5.41) is 16.7. The predicted molar refractivity (Wildman–Crippen MR) is 77.2 cm³/mol. The molecular formula is C12H15ClN4O3S. The van der Waals surface area contributed by atoms with Crippen LogP contribution in [0, 0.1) is 0 Å². The summed E-state index contributed by atoms with van der Waals surface area (Å²) in [6.07, 6.45) is 3.86. The predicted octanol–water partition coefficient (Wildman–Crippen LogP) is 0.792. The minimum absolute atomic E-state index is 0.0745. The lowest BCUT2D eigenvalue weighted by atomic mass is 10.2. The zero-order valence-corrected chi connectivity index (χ0v) is 12.7. The van der Waals surface area contributed by atoms with E-state index in [1.807, 2.05) is 0 Å². The van der Waals surface area contributed by atoms with E-state index in [0.717, 1.165) is 0 Å². The van der Waals surface area contributed by atoms with Crippen molar-refractivity contribution >= 4 is 21.6 Å². The molecule has 0 unspecified atom stereocenters. The Balaban J connectivity index is 1.93. The molecule has 0 amide bonds. The molecule has 1 aromatic heterocycles. The van der Waals surface area contributed by atoms with Gasteiger partial charge >= 0.3 is 0 Å². The third-order valence-corrected chi connectivity index (χ3v) is 4.64. The van der Waals surface area contributed by atoms with Gasteiger partial charge in [-0.15, -0.1) is 5.10 Å². The quantitative estimate of drug-likeness (QED) is 0.732. The zero-order valence-electron chi connectivity index (χ0n) is 11.1. The van der Waals surface area contributed by atoms with Crippen LogP contribution in [0.25, 0.3) is 0 Å². The van der Waals surface area contributed by atoms with Crippen LogP contribution in [-0.4, -0.2) is 35.1 Å². The number of nitrogens with zero attached hydrogens (tertiary/aromatic N) is 3. The van der Waals surface area contributed by atoms with Crippen molar-refractivity contribution in [2.24, 2.45) is 0 Å². The van der Waals surface area contributed by atoms with E-state index in [1.165, 1.54) is 18.2 Å². The van der Waals surface area contributed by atoms with Gasteiger partial charge in [0.2, 0.25) is 10.0 Å². The Bertz CT molecular complexity index is 689. The highest BCUT2D eigenvalue weighted by Gasteiger charge is 2.14. The van der Waals surface area contributed by atoms with Crippen LogP contribution in [-0.2, 0) is 23.2 Å². The molecule has 7 nitrogen and oxygen atoms in total. The van der Waals surface area contributed by atoms with Gasteiger partial charge in [-0.1, -0.05) is 22.9 Å². The van der Waals surface area contributed by atoms with E-state index in [2.05, 4.69) is 15.0 Å². The number of hydrogen-bond donors (Lipinski definition) is 2. The van der Waals surface area contributed by atoms with Gasteiger partial charge in [0.25, 0.3) is 0 Å². The molecule has 0 spiro atoms. The molecule has 0 radical (unpaired) electrons. The van der Waals surface area contributed by atoms with Crippen LogP contribution >= 0.6 is 11.6 Å². The van der Waals surface area contributed by atoms with Crippen molar-refractivity contribution in [2.75, 3.05) is 6.54 Å². The Kier molecular flexibility index (Phi) is 5.29. The van der Waals surface area contributed by atoms with E-state index < -0.39 is 10.0 Å². The van der Waals surface area contributed by atoms with Crippen molar-refractivity contribution in [3.05, 3.63) is 41.2 Å². The molecule has 0 aliphatic heterocycles. The fourth-order valence-electron chi connectivity index (χ4n) is 1.71. The van der Waals surface area contributed by atoms with Gasteiger partial charge in [0.05, 0.1) is 17.7 Å². The number of halogens is 1. The molecule has 9 heteroatoms. The van der Waals surface area contributed by atoms with E-state index in [1.54, 1.807) is 17.1 Å². The number of rotatable bonds is 7. The van der Waals surface area contributed by atoms with Gasteiger partial charge in [-0.05, 0) is 24.1 Å². The van der Waals surface area contributed by atoms with E-state index in [-0.39, 0.29) is 23.1 Å². The molecule has 2 rings (SSSR count). The zero-order chi connectivity index (χ0) is 15.3. The average molecular weight is 331 g/mol. The number of sulfonamides is 1. The summed E-state index contributed by atoms with van der Waals surface area (Å²) in [7, 11) is -3.61. The van der Waals surface area contributed by atoms with Crippen molar-refractivity contribution in [2.45, 2.75) is 24.5 Å². The first kappa shape index (κ1) is 15.9. The van der Waals surface area contributed by atoms with Crippen LogP contribution < -0.4 is 4.72 Å². The maximum absolute atomic E-state index is 12.1. The lowest BCUT2D eigenvalue weighted by molar-refractivity contribution is 0.282. The summed E-state index contributed by atoms with van der Waals surface area (Å²) in [5.74, 6) is 0. The van der Waals surface area contributed by atoms with Gasteiger partial charge in [-0.2, -0.15) is 0 Å². The standard InChI is InChI=1S/C12H15ClN4O3S/c13-12-8-11(3-2-10(12)9-18)21(19,20)15-4-1-6-17-7-5-14-16-17/h2-3,5,7-8,15,18H,1,4,6,9H2. The Labute approximate surface area is 127 Å². The number of aryl methyl sites for hydroxylation is 1. The molecule has 0 aliphatic carbocycles. The molecule has 1 aromatic carbocycles. The highest BCUT2D eigenvalue weighted by molar-refractivity contribution is 7.89. The second kappa shape index (κ2) is 6.99. The molecule has 2 N–H and O–H groups in total. The van der Waals surface area contributed by atoms with Gasteiger partial charge in [0.1, 0.15) is 0 Å². The number of aliphatic hydroxyl groups excluding tert-OH is 1. The number of aliphatic hydroxyl groups is 1. The van der Waals surface area contributed by atoms with Gasteiger partial charge < -0.3 is 5.11 Å². The Morgan fingerprint density at radius 2 is 2.19 bits per heavy atom. The van der Waals surface area contributed by atoms with Gasteiger partial charge in [-0.25, -0.2) is 13.1 Å². The molecule has 114 valence electrons. The summed E-state index contributed by atoms with van der Waals surface area (Å²) in [4.78, 5) is 0.0745. The highest BCUT2D eigenvalue weighted by atomic mass is 35.5. The number of nitrogens with one attached hydrogen (secondary N) is 1. The molecule has 0 fully saturated rings. The molecule has 0 atom stereocenters. The number of benzene rings is 1. The summed E-state index contributed by atoms with van der Waals surface area (Å²) >= 11 is 5.89. The average Bonchev–Trinajstić information content (AvgIpc) is 2.97. The topological polar surface area (TPSA) is 97.1 Å². The lowest BCUT2D eigenvalue weighted by Crippen LogP contribution is -2.25. The van der Waals surface area contributed by atoms with E-state index in [9.17, 15) is 8.42 Å². The van der Waals surface area contributed by atoms with Crippen LogP contribution in [0.5, 0.6) is 0 Å². The van der Waals surface area contributed by atoms with E-state index in [4.69, 9.17) is 16.7 Å².